The van der Waals surface area contributed by atoms with Crippen molar-refractivity contribution in [1.29, 1.82) is 0 Å². The molecule has 0 aliphatic carbocycles. The first-order valence-electron chi connectivity index (χ1n) is 6.13. The fraction of sp³-hybridized carbons (Fsp3) is 0.500. The minimum absolute atomic E-state index is 0.425. The molecule has 2 nitrogen and oxygen atoms in total. The smallest absolute Gasteiger partial charge is 0.310 e. The molecule has 0 heterocycles. The van der Waals surface area contributed by atoms with Gasteiger partial charge in [-0.3, -0.25) is 4.79 Å². The number of carbonyl (C=O) groups is 1. The summed E-state index contributed by atoms with van der Waals surface area (Å²) in [6.07, 6.45) is 5.07. The summed E-state index contributed by atoms with van der Waals surface area (Å²) >= 11 is 5.88. The van der Waals surface area contributed by atoms with Gasteiger partial charge in [-0.2, -0.15) is 0 Å². The maximum Gasteiger partial charge on any atom is 0.310 e. The zero-order chi connectivity index (χ0) is 12.7. The predicted molar refractivity (Wildman–Crippen MR) is 70.6 cm³/mol. The van der Waals surface area contributed by atoms with Crippen LogP contribution < -0.4 is 0 Å². The topological polar surface area (TPSA) is 37.3 Å². The SMILES string of the molecule is CCCCCCC(C(=O)O)c1cccc(Cl)c1. The van der Waals surface area contributed by atoms with Gasteiger partial charge in [-0.15, -0.1) is 0 Å². The van der Waals surface area contributed by atoms with Crippen molar-refractivity contribution in [3.05, 3.63) is 34.9 Å². The molecule has 0 saturated carbocycles. The van der Waals surface area contributed by atoms with Gasteiger partial charge >= 0.3 is 5.97 Å². The molecule has 0 fully saturated rings. The lowest BCUT2D eigenvalue weighted by Gasteiger charge is -2.12. The third-order valence-corrected chi connectivity index (χ3v) is 3.13. The Morgan fingerprint density at radius 2 is 2.12 bits per heavy atom. The van der Waals surface area contributed by atoms with Gasteiger partial charge in [0.05, 0.1) is 5.92 Å². The molecule has 1 aromatic rings. The lowest BCUT2D eigenvalue weighted by Crippen LogP contribution is -2.11. The molecule has 0 bridgehead atoms. The number of hydrogen-bond acceptors (Lipinski definition) is 1. The van der Waals surface area contributed by atoms with Crippen LogP contribution in [0.25, 0.3) is 0 Å². The van der Waals surface area contributed by atoms with Crippen molar-refractivity contribution in [2.75, 3.05) is 0 Å². The van der Waals surface area contributed by atoms with Gasteiger partial charge in [0.25, 0.3) is 0 Å². The van der Waals surface area contributed by atoms with E-state index in [9.17, 15) is 9.90 Å². The lowest BCUT2D eigenvalue weighted by molar-refractivity contribution is -0.139. The van der Waals surface area contributed by atoms with Crippen LogP contribution in [0.2, 0.25) is 5.02 Å². The maximum absolute atomic E-state index is 11.2. The highest BCUT2D eigenvalue weighted by Gasteiger charge is 2.19. The molecule has 94 valence electrons. The second-order valence-electron chi connectivity index (χ2n) is 4.30. The van der Waals surface area contributed by atoms with Crippen LogP contribution in [0.3, 0.4) is 0 Å². The van der Waals surface area contributed by atoms with Crippen LogP contribution in [0.5, 0.6) is 0 Å². The van der Waals surface area contributed by atoms with E-state index < -0.39 is 11.9 Å². The van der Waals surface area contributed by atoms with Crippen molar-refractivity contribution in [1.82, 2.24) is 0 Å². The highest BCUT2D eigenvalue weighted by Crippen LogP contribution is 2.25. The molecule has 0 spiro atoms. The number of hydrogen-bond donors (Lipinski definition) is 1. The van der Waals surface area contributed by atoms with E-state index in [-0.39, 0.29) is 0 Å². The normalized spacial score (nSPS) is 12.4. The Labute approximate surface area is 108 Å². The molecule has 17 heavy (non-hydrogen) atoms. The van der Waals surface area contributed by atoms with Crippen molar-refractivity contribution in [2.24, 2.45) is 0 Å². The van der Waals surface area contributed by atoms with Crippen molar-refractivity contribution >= 4 is 17.6 Å². The maximum atomic E-state index is 11.2. The van der Waals surface area contributed by atoms with Crippen LogP contribution in [-0.4, -0.2) is 11.1 Å². The van der Waals surface area contributed by atoms with E-state index >= 15 is 0 Å². The zero-order valence-corrected chi connectivity index (χ0v) is 10.9. The molecule has 0 aromatic heterocycles. The van der Waals surface area contributed by atoms with E-state index in [1.165, 1.54) is 6.42 Å². The van der Waals surface area contributed by atoms with Gasteiger partial charge in [0, 0.05) is 5.02 Å². The number of carboxylic acid groups (broad SMARTS) is 1. The summed E-state index contributed by atoms with van der Waals surface area (Å²) in [5.74, 6) is -1.19. The summed E-state index contributed by atoms with van der Waals surface area (Å²) in [6, 6.07) is 7.16. The molecule has 1 aromatic carbocycles. The minimum Gasteiger partial charge on any atom is -0.481 e. The van der Waals surface area contributed by atoms with Crippen LogP contribution in [0, 0.1) is 0 Å². The first-order chi connectivity index (χ1) is 8.15. The fourth-order valence-corrected chi connectivity index (χ4v) is 2.13. The molecule has 3 heteroatoms. The van der Waals surface area contributed by atoms with Crippen LogP contribution in [0.4, 0.5) is 0 Å². The Kier molecular flexibility index (Phi) is 6.06. The molecular formula is C14H19ClO2. The highest BCUT2D eigenvalue weighted by molar-refractivity contribution is 6.30. The number of rotatable bonds is 7. The molecule has 0 radical (unpaired) electrons. The van der Waals surface area contributed by atoms with Gasteiger partial charge in [0.1, 0.15) is 0 Å². The summed E-state index contributed by atoms with van der Waals surface area (Å²) in [4.78, 5) is 11.2. The zero-order valence-electron chi connectivity index (χ0n) is 10.2. The quantitative estimate of drug-likeness (QED) is 0.729. The molecule has 0 saturated heterocycles. The van der Waals surface area contributed by atoms with E-state index in [0.717, 1.165) is 24.8 Å². The number of unbranched alkanes of at least 4 members (excludes halogenated alkanes) is 3. The van der Waals surface area contributed by atoms with Crippen molar-refractivity contribution in [3.8, 4) is 0 Å². The Balaban J connectivity index is 2.63. The van der Waals surface area contributed by atoms with Gasteiger partial charge in [-0.25, -0.2) is 0 Å². The van der Waals surface area contributed by atoms with Crippen LogP contribution >= 0.6 is 11.6 Å². The molecular weight excluding hydrogens is 236 g/mol. The molecule has 0 aliphatic rings. The third kappa shape index (κ3) is 4.78. The summed E-state index contributed by atoms with van der Waals surface area (Å²) < 4.78 is 0. The molecule has 0 amide bonds. The van der Waals surface area contributed by atoms with Gasteiger partial charge < -0.3 is 5.11 Å². The van der Waals surface area contributed by atoms with Crippen molar-refractivity contribution in [2.45, 2.75) is 44.9 Å². The Morgan fingerprint density at radius 1 is 1.35 bits per heavy atom. The van der Waals surface area contributed by atoms with Gasteiger partial charge in [-0.05, 0) is 24.1 Å². The minimum atomic E-state index is -0.760. The summed E-state index contributed by atoms with van der Waals surface area (Å²) in [5.41, 5.74) is 0.807. The standard InChI is InChI=1S/C14H19ClO2/c1-2-3-4-5-9-13(14(16)17)11-7-6-8-12(15)10-11/h6-8,10,13H,2-5,9H2,1H3,(H,16,17). The van der Waals surface area contributed by atoms with E-state index in [0.29, 0.717) is 11.4 Å². The Bertz CT molecular complexity index is 363. The van der Waals surface area contributed by atoms with Gasteiger partial charge in [0.2, 0.25) is 0 Å². The number of carboxylic acids is 1. The van der Waals surface area contributed by atoms with Crippen molar-refractivity contribution in [3.63, 3.8) is 0 Å². The largest absolute Gasteiger partial charge is 0.481 e. The van der Waals surface area contributed by atoms with E-state index in [1.54, 1.807) is 18.2 Å². The van der Waals surface area contributed by atoms with Gasteiger partial charge in [-0.1, -0.05) is 56.3 Å². The first kappa shape index (κ1) is 14.0. The number of benzene rings is 1. The predicted octanol–water partition coefficient (Wildman–Crippen LogP) is 4.48. The molecule has 1 N–H and O–H groups in total. The molecule has 1 rings (SSSR count). The monoisotopic (exact) mass is 254 g/mol. The summed E-state index contributed by atoms with van der Waals surface area (Å²) in [7, 11) is 0. The molecule has 1 unspecified atom stereocenters. The van der Waals surface area contributed by atoms with Crippen molar-refractivity contribution < 1.29 is 9.90 Å². The van der Waals surface area contributed by atoms with E-state index in [1.807, 2.05) is 6.07 Å². The first-order valence-corrected chi connectivity index (χ1v) is 6.51. The second-order valence-corrected chi connectivity index (χ2v) is 4.73. The van der Waals surface area contributed by atoms with Gasteiger partial charge in [0.15, 0.2) is 0 Å². The third-order valence-electron chi connectivity index (χ3n) is 2.90. The lowest BCUT2D eigenvalue weighted by atomic mass is 9.93. The molecule has 1 atom stereocenters. The average molecular weight is 255 g/mol. The van der Waals surface area contributed by atoms with E-state index in [4.69, 9.17) is 11.6 Å². The second kappa shape index (κ2) is 7.33. The Morgan fingerprint density at radius 3 is 2.71 bits per heavy atom. The van der Waals surface area contributed by atoms with E-state index in [2.05, 4.69) is 6.92 Å². The highest BCUT2D eigenvalue weighted by atomic mass is 35.5. The Hall–Kier alpha value is -1.02. The average Bonchev–Trinajstić information content (AvgIpc) is 2.28. The van der Waals surface area contributed by atoms with Crippen LogP contribution in [-0.2, 0) is 4.79 Å². The number of halogens is 1. The fourth-order valence-electron chi connectivity index (χ4n) is 1.93. The molecule has 0 aliphatic heterocycles. The summed E-state index contributed by atoms with van der Waals surface area (Å²) in [6.45, 7) is 2.14. The van der Waals surface area contributed by atoms with Crippen LogP contribution in [0.1, 0.15) is 50.5 Å². The van der Waals surface area contributed by atoms with Crippen LogP contribution in [0.15, 0.2) is 24.3 Å². The summed E-state index contributed by atoms with van der Waals surface area (Å²) in [5, 5.41) is 9.83. The number of aliphatic carboxylic acids is 1.